The van der Waals surface area contributed by atoms with Crippen LogP contribution in [0.25, 0.3) is 22.3 Å². The molecule has 0 unspecified atom stereocenters. The summed E-state index contributed by atoms with van der Waals surface area (Å²) in [5.41, 5.74) is 11.5. The number of carbonyl (C=O) groups excluding carboxylic acids is 1. The van der Waals surface area contributed by atoms with Gasteiger partial charge in [0.05, 0.1) is 17.4 Å². The van der Waals surface area contributed by atoms with Crippen LogP contribution in [0.5, 0.6) is 0 Å². The van der Waals surface area contributed by atoms with Gasteiger partial charge in [-0.05, 0) is 37.5 Å². The fourth-order valence-electron chi connectivity index (χ4n) is 2.87. The van der Waals surface area contributed by atoms with Gasteiger partial charge in [-0.1, -0.05) is 24.3 Å². The zero-order chi connectivity index (χ0) is 16.4. The summed E-state index contributed by atoms with van der Waals surface area (Å²) in [6, 6.07) is 10.3. The van der Waals surface area contributed by atoms with Crippen molar-refractivity contribution in [2.75, 3.05) is 0 Å². The molecule has 23 heavy (non-hydrogen) atoms. The first-order valence-electron chi connectivity index (χ1n) is 7.73. The second kappa shape index (κ2) is 6.20. The van der Waals surface area contributed by atoms with E-state index in [9.17, 15) is 4.79 Å². The lowest BCUT2D eigenvalue weighted by Gasteiger charge is -2.09. The highest BCUT2D eigenvalue weighted by Gasteiger charge is 2.11. The molecule has 1 aromatic carbocycles. The molecule has 0 aliphatic carbocycles. The maximum atomic E-state index is 10.9. The Hall–Kier alpha value is -2.69. The largest absolute Gasteiger partial charge is 0.370 e. The van der Waals surface area contributed by atoms with E-state index in [0.717, 1.165) is 27.9 Å². The average molecular weight is 308 g/mol. The fraction of sp³-hybridized carbons (Fsp3) is 0.278. The molecule has 3 aromatic rings. The Morgan fingerprint density at radius 1 is 1.22 bits per heavy atom. The predicted molar refractivity (Wildman–Crippen MR) is 90.9 cm³/mol. The Bertz CT molecular complexity index is 867. The lowest BCUT2D eigenvalue weighted by atomic mass is 10.0. The van der Waals surface area contributed by atoms with Gasteiger partial charge >= 0.3 is 0 Å². The SMILES string of the molecule is Cc1ccccc1-c1cc(C)c2c(cnn2CCCC(N)=O)n1. The van der Waals surface area contributed by atoms with Gasteiger partial charge in [0, 0.05) is 18.5 Å². The smallest absolute Gasteiger partial charge is 0.217 e. The van der Waals surface area contributed by atoms with Gasteiger partial charge in [-0.2, -0.15) is 5.10 Å². The van der Waals surface area contributed by atoms with Crippen molar-refractivity contribution in [2.45, 2.75) is 33.2 Å². The van der Waals surface area contributed by atoms with Crippen molar-refractivity contribution in [3.8, 4) is 11.3 Å². The number of carbonyl (C=O) groups is 1. The van der Waals surface area contributed by atoms with E-state index < -0.39 is 0 Å². The summed E-state index contributed by atoms with van der Waals surface area (Å²) in [4.78, 5) is 15.6. The molecule has 2 aromatic heterocycles. The van der Waals surface area contributed by atoms with Crippen molar-refractivity contribution < 1.29 is 4.79 Å². The van der Waals surface area contributed by atoms with Crippen molar-refractivity contribution in [3.63, 3.8) is 0 Å². The highest BCUT2D eigenvalue weighted by molar-refractivity contribution is 5.82. The van der Waals surface area contributed by atoms with Gasteiger partial charge in [-0.3, -0.25) is 9.48 Å². The molecule has 0 saturated heterocycles. The van der Waals surface area contributed by atoms with Crippen molar-refractivity contribution in [1.29, 1.82) is 0 Å². The quantitative estimate of drug-likeness (QED) is 0.787. The third kappa shape index (κ3) is 3.08. The van der Waals surface area contributed by atoms with Gasteiger partial charge in [0.2, 0.25) is 5.91 Å². The third-order valence-corrected chi connectivity index (χ3v) is 4.00. The van der Waals surface area contributed by atoms with E-state index in [1.165, 1.54) is 5.56 Å². The normalized spacial score (nSPS) is 11.0. The van der Waals surface area contributed by atoms with Crippen molar-refractivity contribution >= 4 is 16.9 Å². The van der Waals surface area contributed by atoms with E-state index in [1.807, 2.05) is 16.8 Å². The Kier molecular flexibility index (Phi) is 4.10. The number of rotatable bonds is 5. The molecule has 5 nitrogen and oxygen atoms in total. The average Bonchev–Trinajstić information content (AvgIpc) is 2.91. The minimum Gasteiger partial charge on any atom is -0.370 e. The molecule has 0 bridgehead atoms. The number of benzene rings is 1. The third-order valence-electron chi connectivity index (χ3n) is 4.00. The zero-order valence-corrected chi connectivity index (χ0v) is 13.4. The number of fused-ring (bicyclic) bond motifs is 1. The number of nitrogens with two attached hydrogens (primary N) is 1. The van der Waals surface area contributed by atoms with Crippen LogP contribution in [0.3, 0.4) is 0 Å². The summed E-state index contributed by atoms with van der Waals surface area (Å²) in [5, 5.41) is 4.41. The van der Waals surface area contributed by atoms with E-state index >= 15 is 0 Å². The molecule has 0 saturated carbocycles. The molecule has 0 aliphatic rings. The number of hydrogen-bond acceptors (Lipinski definition) is 3. The number of nitrogens with zero attached hydrogens (tertiary/aromatic N) is 3. The first kappa shape index (κ1) is 15.2. The summed E-state index contributed by atoms with van der Waals surface area (Å²) in [6.45, 7) is 4.82. The number of amides is 1. The maximum absolute atomic E-state index is 10.9. The molecular formula is C18H20N4O. The Morgan fingerprint density at radius 3 is 2.74 bits per heavy atom. The second-order valence-electron chi connectivity index (χ2n) is 5.81. The van der Waals surface area contributed by atoms with Gasteiger partial charge in [0.1, 0.15) is 5.52 Å². The van der Waals surface area contributed by atoms with E-state index in [1.54, 1.807) is 6.20 Å². The van der Waals surface area contributed by atoms with Crippen LogP contribution in [-0.4, -0.2) is 20.7 Å². The van der Waals surface area contributed by atoms with Gasteiger partial charge < -0.3 is 5.73 Å². The van der Waals surface area contributed by atoms with Crippen LogP contribution < -0.4 is 5.73 Å². The Morgan fingerprint density at radius 2 is 2.00 bits per heavy atom. The van der Waals surface area contributed by atoms with Gasteiger partial charge in [0.15, 0.2) is 0 Å². The molecule has 0 atom stereocenters. The summed E-state index contributed by atoms with van der Waals surface area (Å²) in [5.74, 6) is -0.279. The first-order chi connectivity index (χ1) is 11.1. The number of primary amides is 1. The van der Waals surface area contributed by atoms with Crippen molar-refractivity contribution in [2.24, 2.45) is 5.73 Å². The molecule has 118 valence electrons. The highest BCUT2D eigenvalue weighted by atomic mass is 16.1. The molecule has 0 aliphatic heterocycles. The first-order valence-corrected chi connectivity index (χ1v) is 7.73. The second-order valence-corrected chi connectivity index (χ2v) is 5.81. The Balaban J connectivity index is 1.98. The number of aryl methyl sites for hydroxylation is 3. The topological polar surface area (TPSA) is 73.8 Å². The molecule has 1 amide bonds. The minimum atomic E-state index is -0.279. The van der Waals surface area contributed by atoms with Gasteiger partial charge in [-0.25, -0.2) is 4.98 Å². The van der Waals surface area contributed by atoms with E-state index in [2.05, 4.69) is 37.1 Å². The molecular weight excluding hydrogens is 288 g/mol. The summed E-state index contributed by atoms with van der Waals surface area (Å²) in [6.07, 6.45) is 2.84. The summed E-state index contributed by atoms with van der Waals surface area (Å²) < 4.78 is 1.90. The van der Waals surface area contributed by atoms with E-state index in [4.69, 9.17) is 10.7 Å². The van der Waals surface area contributed by atoms with Crippen LogP contribution in [0.4, 0.5) is 0 Å². The molecule has 0 fully saturated rings. The predicted octanol–water partition coefficient (Wildman–Crippen LogP) is 2.98. The Labute approximate surface area is 135 Å². The van der Waals surface area contributed by atoms with Crippen molar-refractivity contribution in [1.82, 2.24) is 14.8 Å². The molecule has 0 radical (unpaired) electrons. The summed E-state index contributed by atoms with van der Waals surface area (Å²) in [7, 11) is 0. The van der Waals surface area contributed by atoms with Crippen LogP contribution in [0.1, 0.15) is 24.0 Å². The van der Waals surface area contributed by atoms with Gasteiger partial charge in [-0.15, -0.1) is 0 Å². The highest BCUT2D eigenvalue weighted by Crippen LogP contribution is 2.26. The van der Waals surface area contributed by atoms with Crippen LogP contribution in [0.2, 0.25) is 0 Å². The van der Waals surface area contributed by atoms with Crippen molar-refractivity contribution in [3.05, 3.63) is 47.7 Å². The molecule has 0 spiro atoms. The minimum absolute atomic E-state index is 0.279. The molecule has 3 rings (SSSR count). The molecule has 2 heterocycles. The number of pyridine rings is 1. The number of aromatic nitrogens is 3. The van der Waals surface area contributed by atoms with E-state index in [0.29, 0.717) is 19.4 Å². The van der Waals surface area contributed by atoms with Crippen LogP contribution in [0, 0.1) is 13.8 Å². The van der Waals surface area contributed by atoms with Crippen LogP contribution in [0.15, 0.2) is 36.5 Å². The zero-order valence-electron chi connectivity index (χ0n) is 13.4. The van der Waals surface area contributed by atoms with E-state index in [-0.39, 0.29) is 5.91 Å². The molecule has 5 heteroatoms. The van der Waals surface area contributed by atoms with Gasteiger partial charge in [0.25, 0.3) is 0 Å². The van der Waals surface area contributed by atoms with Crippen LogP contribution in [-0.2, 0) is 11.3 Å². The lowest BCUT2D eigenvalue weighted by Crippen LogP contribution is -2.12. The molecule has 2 N–H and O–H groups in total. The van der Waals surface area contributed by atoms with Crippen LogP contribution >= 0.6 is 0 Å². The number of hydrogen-bond donors (Lipinski definition) is 1. The fourth-order valence-corrected chi connectivity index (χ4v) is 2.87. The monoisotopic (exact) mass is 308 g/mol. The maximum Gasteiger partial charge on any atom is 0.217 e. The summed E-state index contributed by atoms with van der Waals surface area (Å²) >= 11 is 0. The standard InChI is InChI=1S/C18H20N4O/c1-12-6-3-4-7-14(12)15-10-13(2)18-16(21-15)11-20-22(18)9-5-8-17(19)23/h3-4,6-7,10-11H,5,8-9H2,1-2H3,(H2,19,23). The lowest BCUT2D eigenvalue weighted by molar-refractivity contribution is -0.118.